The molecule has 5 rings (SSSR count). The Labute approximate surface area is 156 Å². The van der Waals surface area contributed by atoms with E-state index in [0.29, 0.717) is 6.54 Å². The van der Waals surface area contributed by atoms with Crippen LogP contribution in [0.3, 0.4) is 0 Å². The van der Waals surface area contributed by atoms with Gasteiger partial charge >= 0.3 is 0 Å². The van der Waals surface area contributed by atoms with E-state index in [1.165, 1.54) is 0 Å². The highest BCUT2D eigenvalue weighted by atomic mass is 16.7. The van der Waals surface area contributed by atoms with Crippen molar-refractivity contribution >= 4 is 22.5 Å². The van der Waals surface area contributed by atoms with E-state index in [0.717, 1.165) is 56.5 Å². The molecule has 0 saturated heterocycles. The smallest absolute Gasteiger partial charge is 0.231 e. The molecule has 0 bridgehead atoms. The molecular weight excluding hydrogens is 342 g/mol. The van der Waals surface area contributed by atoms with Gasteiger partial charge in [0.2, 0.25) is 6.79 Å². The molecule has 0 atom stereocenters. The van der Waals surface area contributed by atoms with Crippen molar-refractivity contribution in [1.29, 1.82) is 0 Å². The first-order valence-electron chi connectivity index (χ1n) is 8.85. The summed E-state index contributed by atoms with van der Waals surface area (Å²) in [4.78, 5) is 9.27. The van der Waals surface area contributed by atoms with E-state index < -0.39 is 0 Å². The molecule has 0 unspecified atom stereocenters. The highest BCUT2D eigenvalue weighted by Crippen LogP contribution is 2.32. The van der Waals surface area contributed by atoms with Gasteiger partial charge in [0, 0.05) is 24.0 Å². The molecule has 4 heterocycles. The Balaban J connectivity index is 1.55. The van der Waals surface area contributed by atoms with Gasteiger partial charge in [0.25, 0.3) is 0 Å². The Morgan fingerprint density at radius 1 is 1.00 bits per heavy atom. The minimum Gasteiger partial charge on any atom is -0.454 e. The van der Waals surface area contributed by atoms with Crippen molar-refractivity contribution in [3.05, 3.63) is 52.8 Å². The summed E-state index contributed by atoms with van der Waals surface area (Å²) in [5.74, 6) is 2.45. The minimum absolute atomic E-state index is 0.280. The summed E-state index contributed by atoms with van der Waals surface area (Å²) in [7, 11) is 0. The molecule has 0 amide bonds. The first-order valence-corrected chi connectivity index (χ1v) is 8.85. The Morgan fingerprint density at radius 3 is 2.70 bits per heavy atom. The number of aryl methyl sites for hydroxylation is 3. The molecule has 3 aromatic heterocycles. The van der Waals surface area contributed by atoms with E-state index in [9.17, 15) is 0 Å². The van der Waals surface area contributed by atoms with Gasteiger partial charge < -0.3 is 14.8 Å². The standard InChI is InChI=1S/C20H19N5O2/c1-11-6-12(2)22-19-18(11)20-23-13(3)7-17(25(20)24-19)21-9-14-4-5-15-16(8-14)27-10-26-15/h4-8,21H,9-10H2,1-3H3. The molecule has 7 heteroatoms. The molecule has 0 saturated carbocycles. The zero-order valence-corrected chi connectivity index (χ0v) is 15.4. The lowest BCUT2D eigenvalue weighted by molar-refractivity contribution is 0.174. The number of benzene rings is 1. The third-order valence-electron chi connectivity index (χ3n) is 4.71. The maximum absolute atomic E-state index is 5.46. The summed E-state index contributed by atoms with van der Waals surface area (Å²) in [6, 6.07) is 10.0. The number of fused-ring (bicyclic) bond motifs is 4. The number of nitrogens with zero attached hydrogens (tertiary/aromatic N) is 4. The van der Waals surface area contributed by atoms with Crippen LogP contribution >= 0.6 is 0 Å². The quantitative estimate of drug-likeness (QED) is 0.602. The van der Waals surface area contributed by atoms with Gasteiger partial charge in [-0.1, -0.05) is 6.07 Å². The van der Waals surface area contributed by atoms with Gasteiger partial charge in [-0.15, -0.1) is 5.10 Å². The normalized spacial score (nSPS) is 12.9. The van der Waals surface area contributed by atoms with E-state index in [4.69, 9.17) is 14.5 Å². The first-order chi connectivity index (χ1) is 13.1. The molecule has 1 aliphatic rings. The van der Waals surface area contributed by atoms with Gasteiger partial charge in [0.05, 0.1) is 5.39 Å². The third-order valence-corrected chi connectivity index (χ3v) is 4.71. The Kier molecular flexibility index (Phi) is 3.43. The van der Waals surface area contributed by atoms with E-state index >= 15 is 0 Å². The molecule has 136 valence electrons. The summed E-state index contributed by atoms with van der Waals surface area (Å²) in [5, 5.41) is 9.15. The second kappa shape index (κ2) is 5.84. The van der Waals surface area contributed by atoms with Crippen molar-refractivity contribution in [3.63, 3.8) is 0 Å². The van der Waals surface area contributed by atoms with E-state index in [-0.39, 0.29) is 6.79 Å². The van der Waals surface area contributed by atoms with Crippen LogP contribution in [0.1, 0.15) is 22.5 Å². The average molecular weight is 361 g/mol. The maximum atomic E-state index is 5.46. The molecule has 4 aromatic rings. The van der Waals surface area contributed by atoms with Crippen molar-refractivity contribution in [1.82, 2.24) is 19.6 Å². The van der Waals surface area contributed by atoms with E-state index in [2.05, 4.69) is 28.4 Å². The Hall–Kier alpha value is -3.35. The number of aromatic nitrogens is 4. The Bertz CT molecular complexity index is 1200. The Morgan fingerprint density at radius 2 is 1.81 bits per heavy atom. The molecule has 1 aromatic carbocycles. The topological polar surface area (TPSA) is 73.6 Å². The van der Waals surface area contributed by atoms with Gasteiger partial charge in [-0.2, -0.15) is 4.52 Å². The second-order valence-electron chi connectivity index (χ2n) is 6.84. The average Bonchev–Trinajstić information content (AvgIpc) is 3.23. The summed E-state index contributed by atoms with van der Waals surface area (Å²) in [6.45, 7) is 6.96. The molecule has 7 nitrogen and oxygen atoms in total. The lowest BCUT2D eigenvalue weighted by Crippen LogP contribution is -2.06. The summed E-state index contributed by atoms with van der Waals surface area (Å²) >= 11 is 0. The van der Waals surface area contributed by atoms with Crippen LogP contribution in [0.5, 0.6) is 11.5 Å². The van der Waals surface area contributed by atoms with Gasteiger partial charge in [-0.05, 0) is 50.1 Å². The van der Waals surface area contributed by atoms with Crippen LogP contribution in [-0.4, -0.2) is 26.4 Å². The lowest BCUT2D eigenvalue weighted by atomic mass is 10.2. The fraction of sp³-hybridized carbons (Fsp3) is 0.250. The SMILES string of the molecule is Cc1cc(C)c2c(n1)nn1c(NCc3ccc4c(c3)OCO4)cc(C)nc21. The van der Waals surface area contributed by atoms with Crippen molar-refractivity contribution < 1.29 is 9.47 Å². The highest BCUT2D eigenvalue weighted by Gasteiger charge is 2.16. The molecule has 0 aliphatic carbocycles. The molecule has 27 heavy (non-hydrogen) atoms. The summed E-state index contributed by atoms with van der Waals surface area (Å²) in [6.07, 6.45) is 0. The maximum Gasteiger partial charge on any atom is 0.231 e. The van der Waals surface area contributed by atoms with Gasteiger partial charge in [-0.25, -0.2) is 9.97 Å². The molecular formula is C20H19N5O2. The van der Waals surface area contributed by atoms with Crippen molar-refractivity contribution in [2.24, 2.45) is 0 Å². The minimum atomic E-state index is 0.280. The number of hydrogen-bond donors (Lipinski definition) is 1. The zero-order chi connectivity index (χ0) is 18.5. The van der Waals surface area contributed by atoms with Crippen molar-refractivity contribution in [2.45, 2.75) is 27.3 Å². The van der Waals surface area contributed by atoms with Crippen LogP contribution in [-0.2, 0) is 6.54 Å². The molecule has 1 aliphatic heterocycles. The van der Waals surface area contributed by atoms with E-state index in [1.807, 2.05) is 42.6 Å². The van der Waals surface area contributed by atoms with Crippen LogP contribution < -0.4 is 14.8 Å². The number of ether oxygens (including phenoxy) is 2. The molecule has 0 fully saturated rings. The van der Waals surface area contributed by atoms with E-state index in [1.54, 1.807) is 0 Å². The predicted molar refractivity (Wildman–Crippen MR) is 102 cm³/mol. The second-order valence-corrected chi connectivity index (χ2v) is 6.84. The van der Waals surface area contributed by atoms with Crippen LogP contribution in [0.15, 0.2) is 30.3 Å². The number of nitrogens with one attached hydrogen (secondary N) is 1. The zero-order valence-electron chi connectivity index (χ0n) is 15.4. The fourth-order valence-electron chi connectivity index (χ4n) is 3.51. The molecule has 1 N–H and O–H groups in total. The summed E-state index contributed by atoms with van der Waals surface area (Å²) < 4.78 is 12.7. The number of hydrogen-bond acceptors (Lipinski definition) is 6. The highest BCUT2D eigenvalue weighted by molar-refractivity contribution is 5.93. The van der Waals surface area contributed by atoms with Crippen LogP contribution in [0, 0.1) is 20.8 Å². The number of rotatable bonds is 3. The third kappa shape index (κ3) is 2.63. The number of pyridine rings is 1. The number of anilines is 1. The summed E-state index contributed by atoms with van der Waals surface area (Å²) in [5.41, 5.74) is 5.66. The van der Waals surface area contributed by atoms with Gasteiger partial charge in [0.1, 0.15) is 5.82 Å². The van der Waals surface area contributed by atoms with Crippen LogP contribution in [0.2, 0.25) is 0 Å². The van der Waals surface area contributed by atoms with Crippen molar-refractivity contribution in [3.8, 4) is 11.5 Å². The predicted octanol–water partition coefficient (Wildman–Crippen LogP) is 3.54. The van der Waals surface area contributed by atoms with Crippen molar-refractivity contribution in [2.75, 3.05) is 12.1 Å². The fourth-order valence-corrected chi connectivity index (χ4v) is 3.51. The van der Waals surface area contributed by atoms with Crippen LogP contribution in [0.4, 0.5) is 5.82 Å². The molecule has 0 spiro atoms. The lowest BCUT2D eigenvalue weighted by Gasteiger charge is -2.10. The largest absolute Gasteiger partial charge is 0.454 e. The van der Waals surface area contributed by atoms with Gasteiger partial charge in [-0.3, -0.25) is 0 Å². The molecule has 0 radical (unpaired) electrons. The first kappa shape index (κ1) is 15.9. The van der Waals surface area contributed by atoms with Crippen LogP contribution in [0.25, 0.3) is 16.7 Å². The van der Waals surface area contributed by atoms with Gasteiger partial charge in [0.15, 0.2) is 22.8 Å². The monoisotopic (exact) mass is 361 g/mol.